The van der Waals surface area contributed by atoms with E-state index in [-0.39, 0.29) is 25.2 Å². The monoisotopic (exact) mass is 601 g/mol. The molecule has 2 aromatic rings. The van der Waals surface area contributed by atoms with Gasteiger partial charge in [-0.15, -0.1) is 0 Å². The SMILES string of the molecule is CC(=O)NC[C@H]1CN(c2ccc(-c3ccc(C4=NOC(COP(=O)(OC(C)(C)C)OC(C)(C)C)C4)cc3)cc2)C(=O)O1. The molecule has 0 radical (unpaired) electrons. The Labute approximate surface area is 247 Å². The van der Waals surface area contributed by atoms with Crippen molar-refractivity contribution in [2.75, 3.05) is 24.6 Å². The molecule has 11 nitrogen and oxygen atoms in total. The molecule has 12 heteroatoms. The van der Waals surface area contributed by atoms with E-state index in [0.29, 0.717) is 13.0 Å². The van der Waals surface area contributed by atoms with E-state index < -0.39 is 31.2 Å². The number of hydrogen-bond donors (Lipinski definition) is 1. The van der Waals surface area contributed by atoms with Crippen LogP contribution in [0.5, 0.6) is 0 Å². The minimum atomic E-state index is -3.85. The lowest BCUT2D eigenvalue weighted by atomic mass is 10.00. The number of hydrogen-bond acceptors (Lipinski definition) is 9. The third-order valence-electron chi connectivity index (χ3n) is 6.11. The standard InChI is InChI=1S/C30H40N3O8P/c1-20(34)31-17-26-18-33(28(35)38-26)24-14-12-22(13-15-24)21-8-10-23(11-9-21)27-16-25(39-32-27)19-37-42(36,40-29(2,3)4)41-30(5,6)7/h8-15,25-26H,16-19H2,1-7H3,(H,31,34)/t25?,26-/m0/s1. The smallest absolute Gasteiger partial charge is 0.442 e. The van der Waals surface area contributed by atoms with Crippen LogP contribution < -0.4 is 10.2 Å². The first-order valence-electron chi connectivity index (χ1n) is 13.9. The highest BCUT2D eigenvalue weighted by Gasteiger charge is 2.39. The minimum absolute atomic E-state index is 0.000578. The van der Waals surface area contributed by atoms with Crippen LogP contribution in [0.4, 0.5) is 10.5 Å². The first-order chi connectivity index (χ1) is 19.6. The maximum absolute atomic E-state index is 13.3. The van der Waals surface area contributed by atoms with Gasteiger partial charge in [-0.25, -0.2) is 9.36 Å². The molecule has 42 heavy (non-hydrogen) atoms. The Kier molecular flexibility index (Phi) is 9.47. The molecule has 0 aliphatic carbocycles. The first-order valence-corrected chi connectivity index (χ1v) is 15.4. The molecule has 2 heterocycles. The van der Waals surface area contributed by atoms with Crippen molar-refractivity contribution in [2.24, 2.45) is 5.16 Å². The molecule has 0 spiro atoms. The normalized spacial score (nSPS) is 19.4. The fraction of sp³-hybridized carbons (Fsp3) is 0.500. The summed E-state index contributed by atoms with van der Waals surface area (Å²) in [6, 6.07) is 15.6. The summed E-state index contributed by atoms with van der Waals surface area (Å²) in [7, 11) is -3.85. The van der Waals surface area contributed by atoms with Crippen LogP contribution in [0.1, 0.15) is 60.5 Å². The number of nitrogens with one attached hydrogen (secondary N) is 1. The Bertz CT molecular complexity index is 1330. The molecule has 1 unspecified atom stereocenters. The van der Waals surface area contributed by atoms with Crippen molar-refractivity contribution in [3.63, 3.8) is 0 Å². The molecular formula is C30H40N3O8P. The molecule has 0 aromatic heterocycles. The number of carbonyl (C=O) groups excluding carboxylic acids is 2. The van der Waals surface area contributed by atoms with Gasteiger partial charge in [-0.2, -0.15) is 0 Å². The zero-order valence-electron chi connectivity index (χ0n) is 25.2. The summed E-state index contributed by atoms with van der Waals surface area (Å²) >= 11 is 0. The van der Waals surface area contributed by atoms with E-state index >= 15 is 0 Å². The molecule has 228 valence electrons. The van der Waals surface area contributed by atoms with E-state index in [1.54, 1.807) is 46.4 Å². The number of rotatable bonds is 10. The van der Waals surface area contributed by atoms with E-state index in [2.05, 4.69) is 10.5 Å². The molecule has 2 aliphatic heterocycles. The summed E-state index contributed by atoms with van der Waals surface area (Å²) in [5, 5.41) is 6.90. The van der Waals surface area contributed by atoms with Crippen LogP contribution in [-0.4, -0.2) is 60.8 Å². The number of carbonyl (C=O) groups is 2. The third kappa shape index (κ3) is 8.88. The van der Waals surface area contributed by atoms with E-state index in [9.17, 15) is 14.2 Å². The maximum Gasteiger partial charge on any atom is 0.475 e. The van der Waals surface area contributed by atoms with E-state index in [1.165, 1.54) is 6.92 Å². The van der Waals surface area contributed by atoms with Crippen LogP contribution in [0, 0.1) is 0 Å². The van der Waals surface area contributed by atoms with Crippen LogP contribution in [0.2, 0.25) is 0 Å². The van der Waals surface area contributed by atoms with E-state index in [0.717, 1.165) is 28.1 Å². The zero-order chi connectivity index (χ0) is 30.7. The fourth-order valence-corrected chi connectivity index (χ4v) is 6.22. The Balaban J connectivity index is 1.33. The van der Waals surface area contributed by atoms with Gasteiger partial charge >= 0.3 is 13.9 Å². The highest BCUT2D eigenvalue weighted by molar-refractivity contribution is 7.48. The van der Waals surface area contributed by atoms with Gasteiger partial charge in [0, 0.05) is 19.0 Å². The third-order valence-corrected chi connectivity index (χ3v) is 8.11. The van der Waals surface area contributed by atoms with Gasteiger partial charge in [0.1, 0.15) is 6.10 Å². The van der Waals surface area contributed by atoms with E-state index in [4.69, 9.17) is 23.1 Å². The van der Waals surface area contributed by atoms with Gasteiger partial charge < -0.3 is 14.9 Å². The second-order valence-corrected chi connectivity index (χ2v) is 13.8. The quantitative estimate of drug-likeness (QED) is 0.326. The van der Waals surface area contributed by atoms with Gasteiger partial charge in [0.2, 0.25) is 5.91 Å². The Morgan fingerprint density at radius 1 is 0.952 bits per heavy atom. The molecule has 2 atom stereocenters. The summed E-state index contributed by atoms with van der Waals surface area (Å²) in [6.07, 6.45) is -0.770. The van der Waals surface area contributed by atoms with Gasteiger partial charge in [0.25, 0.3) is 0 Å². The predicted molar refractivity (Wildman–Crippen MR) is 159 cm³/mol. The molecule has 2 aromatic carbocycles. The van der Waals surface area contributed by atoms with Gasteiger partial charge in [0.05, 0.1) is 36.6 Å². The molecule has 1 N–H and O–H groups in total. The second kappa shape index (κ2) is 12.6. The number of amides is 2. The summed E-state index contributed by atoms with van der Waals surface area (Å²) in [5.41, 5.74) is 2.92. The van der Waals surface area contributed by atoms with Gasteiger partial charge in [0.15, 0.2) is 6.10 Å². The number of ether oxygens (including phenoxy) is 1. The van der Waals surface area contributed by atoms with Crippen molar-refractivity contribution < 1.29 is 37.3 Å². The molecule has 1 saturated heterocycles. The minimum Gasteiger partial charge on any atom is -0.442 e. The van der Waals surface area contributed by atoms with Crippen LogP contribution in [0.25, 0.3) is 11.1 Å². The van der Waals surface area contributed by atoms with Crippen LogP contribution in [0.3, 0.4) is 0 Å². The number of oxime groups is 1. The number of phosphoric ester groups is 1. The zero-order valence-corrected chi connectivity index (χ0v) is 26.1. The molecular weight excluding hydrogens is 561 g/mol. The summed E-state index contributed by atoms with van der Waals surface area (Å²) in [5.74, 6) is -0.166. The van der Waals surface area contributed by atoms with Crippen molar-refractivity contribution in [2.45, 2.75) is 78.3 Å². The Hall–Kier alpha value is -3.24. The van der Waals surface area contributed by atoms with Crippen molar-refractivity contribution in [1.29, 1.82) is 0 Å². The highest BCUT2D eigenvalue weighted by atomic mass is 31.2. The molecule has 4 rings (SSSR count). The average molecular weight is 602 g/mol. The molecule has 0 saturated carbocycles. The van der Waals surface area contributed by atoms with Crippen molar-refractivity contribution >= 4 is 31.2 Å². The number of cyclic esters (lactones) is 1. The molecule has 2 amide bonds. The molecule has 1 fully saturated rings. The first kappa shape index (κ1) is 31.7. The summed E-state index contributed by atoms with van der Waals surface area (Å²) in [6.45, 7) is 12.8. The summed E-state index contributed by atoms with van der Waals surface area (Å²) < 4.78 is 35.7. The largest absolute Gasteiger partial charge is 0.475 e. The van der Waals surface area contributed by atoms with Gasteiger partial charge in [-0.3, -0.25) is 23.3 Å². The van der Waals surface area contributed by atoms with Gasteiger partial charge in [-0.1, -0.05) is 41.6 Å². The predicted octanol–water partition coefficient (Wildman–Crippen LogP) is 6.06. The van der Waals surface area contributed by atoms with Crippen molar-refractivity contribution in [3.8, 4) is 11.1 Å². The fourth-order valence-electron chi connectivity index (χ4n) is 4.39. The average Bonchev–Trinajstić information content (AvgIpc) is 3.51. The number of benzene rings is 2. The number of nitrogens with zero attached hydrogens (tertiary/aromatic N) is 2. The second-order valence-electron chi connectivity index (χ2n) is 12.3. The molecule has 2 aliphatic rings. The van der Waals surface area contributed by atoms with Gasteiger partial charge in [-0.05, 0) is 70.4 Å². The Morgan fingerprint density at radius 3 is 2.05 bits per heavy atom. The highest BCUT2D eigenvalue weighted by Crippen LogP contribution is 2.55. The van der Waals surface area contributed by atoms with Crippen LogP contribution in [-0.2, 0) is 32.5 Å². The lowest BCUT2D eigenvalue weighted by molar-refractivity contribution is -0.119. The lowest BCUT2D eigenvalue weighted by Gasteiger charge is -2.31. The number of phosphoric acid groups is 1. The van der Waals surface area contributed by atoms with E-state index in [1.807, 2.05) is 48.5 Å². The lowest BCUT2D eigenvalue weighted by Crippen LogP contribution is -2.33. The number of anilines is 1. The van der Waals surface area contributed by atoms with Crippen LogP contribution in [0.15, 0.2) is 53.7 Å². The molecule has 0 bridgehead atoms. The maximum atomic E-state index is 13.3. The van der Waals surface area contributed by atoms with Crippen molar-refractivity contribution in [3.05, 3.63) is 54.1 Å². The summed E-state index contributed by atoms with van der Waals surface area (Å²) in [4.78, 5) is 30.6. The van der Waals surface area contributed by atoms with Crippen LogP contribution >= 0.6 is 7.82 Å². The topological polar surface area (TPSA) is 125 Å². The van der Waals surface area contributed by atoms with Crippen molar-refractivity contribution in [1.82, 2.24) is 5.32 Å². The Morgan fingerprint density at radius 2 is 1.50 bits per heavy atom.